The molecule has 1 unspecified atom stereocenters. The highest BCUT2D eigenvalue weighted by Crippen LogP contribution is 2.24. The molecule has 1 N–H and O–H groups in total. The molecule has 0 saturated carbocycles. The summed E-state index contributed by atoms with van der Waals surface area (Å²) >= 11 is 0. The number of unbranched alkanes of at least 4 members (excludes halogenated alkanes) is 1. The van der Waals surface area contributed by atoms with Crippen LogP contribution in [0.2, 0.25) is 0 Å². The Balaban J connectivity index is 0.00000210. The van der Waals surface area contributed by atoms with Crippen molar-refractivity contribution in [2.75, 3.05) is 6.54 Å². The number of para-hydroxylation sites is 1. The molecule has 0 fully saturated rings. The van der Waals surface area contributed by atoms with Gasteiger partial charge in [0.2, 0.25) is 0 Å². The van der Waals surface area contributed by atoms with Gasteiger partial charge in [0.05, 0.1) is 5.52 Å². The van der Waals surface area contributed by atoms with Crippen molar-refractivity contribution in [1.29, 1.82) is 0 Å². The molecular weight excluding hydrogens is 363 g/mol. The molecule has 3 aromatic rings. The topological polar surface area (TPSA) is 42.7 Å². The van der Waals surface area contributed by atoms with Crippen molar-refractivity contribution in [2.24, 2.45) is 0 Å². The average Bonchev–Trinajstić information content (AvgIpc) is 3.09. The zero-order valence-electron chi connectivity index (χ0n) is 15.1. The molecule has 27 heavy (non-hydrogen) atoms. The number of hydrogen-bond acceptors (Lipinski definition) is 3. The van der Waals surface area contributed by atoms with E-state index in [-0.39, 0.29) is 18.2 Å². The molecule has 0 spiro atoms. The van der Waals surface area contributed by atoms with Crippen molar-refractivity contribution in [3.8, 4) is 0 Å². The lowest BCUT2D eigenvalue weighted by molar-refractivity contribution is 0.456. The number of rotatable bonds is 6. The van der Waals surface area contributed by atoms with Gasteiger partial charge in [-0.05, 0) is 54.7 Å². The number of nitrogens with zero attached hydrogens (tertiary/aromatic N) is 3. The third-order valence-electron chi connectivity index (χ3n) is 5.03. The van der Waals surface area contributed by atoms with Gasteiger partial charge in [-0.2, -0.15) is 0 Å². The number of nitrogens with one attached hydrogen (secondary N) is 1. The lowest BCUT2D eigenvalue weighted by Gasteiger charge is -2.24. The van der Waals surface area contributed by atoms with E-state index in [2.05, 4.69) is 27.8 Å². The number of benzene rings is 2. The fraction of sp³-hybridized carbons (Fsp3) is 0.333. The Labute approximate surface area is 164 Å². The third kappa shape index (κ3) is 4.73. The SMILES string of the molecule is Cl.Fc1ccc(C2=CCNC(CCCCn3nnc4ccccc43)C2)cc1. The van der Waals surface area contributed by atoms with Gasteiger partial charge in [-0.3, -0.25) is 0 Å². The van der Waals surface area contributed by atoms with Crippen molar-refractivity contribution < 1.29 is 4.39 Å². The van der Waals surface area contributed by atoms with E-state index >= 15 is 0 Å². The molecule has 1 atom stereocenters. The molecule has 0 amide bonds. The van der Waals surface area contributed by atoms with Crippen LogP contribution in [0, 0.1) is 5.82 Å². The van der Waals surface area contributed by atoms with Crippen LogP contribution in [-0.4, -0.2) is 27.6 Å². The van der Waals surface area contributed by atoms with Gasteiger partial charge < -0.3 is 5.32 Å². The second kappa shape index (κ2) is 9.11. The summed E-state index contributed by atoms with van der Waals surface area (Å²) in [6, 6.07) is 15.4. The summed E-state index contributed by atoms with van der Waals surface area (Å²) in [5, 5.41) is 12.0. The van der Waals surface area contributed by atoms with Crippen LogP contribution in [0.4, 0.5) is 4.39 Å². The van der Waals surface area contributed by atoms with Crippen LogP contribution in [0.5, 0.6) is 0 Å². The third-order valence-corrected chi connectivity index (χ3v) is 5.03. The normalized spacial score (nSPS) is 16.8. The smallest absolute Gasteiger partial charge is 0.123 e. The lowest BCUT2D eigenvalue weighted by Crippen LogP contribution is -2.32. The van der Waals surface area contributed by atoms with Gasteiger partial charge in [-0.25, -0.2) is 9.07 Å². The first-order valence-electron chi connectivity index (χ1n) is 9.26. The van der Waals surface area contributed by atoms with Gasteiger partial charge in [-0.1, -0.05) is 42.0 Å². The molecule has 1 aliphatic rings. The van der Waals surface area contributed by atoms with Crippen LogP contribution >= 0.6 is 12.4 Å². The Morgan fingerprint density at radius 1 is 1.07 bits per heavy atom. The van der Waals surface area contributed by atoms with E-state index in [1.807, 2.05) is 35.0 Å². The molecule has 0 aliphatic carbocycles. The Kier molecular flexibility index (Phi) is 6.58. The molecule has 2 heterocycles. The Bertz CT molecular complexity index is 904. The highest BCUT2D eigenvalue weighted by Gasteiger charge is 2.16. The van der Waals surface area contributed by atoms with E-state index in [0.717, 1.165) is 55.4 Å². The quantitative estimate of drug-likeness (QED) is 0.629. The first-order valence-corrected chi connectivity index (χ1v) is 9.26. The maximum Gasteiger partial charge on any atom is 0.123 e. The number of fused-ring (bicyclic) bond motifs is 1. The van der Waals surface area contributed by atoms with Crippen LogP contribution in [-0.2, 0) is 6.54 Å². The molecule has 6 heteroatoms. The summed E-state index contributed by atoms with van der Waals surface area (Å²) < 4.78 is 15.1. The minimum absolute atomic E-state index is 0. The van der Waals surface area contributed by atoms with E-state index in [1.54, 1.807) is 0 Å². The summed E-state index contributed by atoms with van der Waals surface area (Å²) in [6.07, 6.45) is 6.57. The summed E-state index contributed by atoms with van der Waals surface area (Å²) in [6.45, 7) is 1.78. The van der Waals surface area contributed by atoms with Crippen LogP contribution in [0.15, 0.2) is 54.6 Å². The van der Waals surface area contributed by atoms with Gasteiger partial charge in [0.25, 0.3) is 0 Å². The van der Waals surface area contributed by atoms with Crippen molar-refractivity contribution in [2.45, 2.75) is 38.3 Å². The molecule has 1 aromatic heterocycles. The molecule has 0 radical (unpaired) electrons. The van der Waals surface area contributed by atoms with Crippen molar-refractivity contribution in [3.63, 3.8) is 0 Å². The first kappa shape index (κ1) is 19.5. The number of aromatic nitrogens is 3. The van der Waals surface area contributed by atoms with Crippen molar-refractivity contribution in [1.82, 2.24) is 20.3 Å². The Morgan fingerprint density at radius 2 is 1.89 bits per heavy atom. The van der Waals surface area contributed by atoms with Gasteiger partial charge in [0, 0.05) is 19.1 Å². The molecule has 4 rings (SSSR count). The number of halogens is 2. The maximum atomic E-state index is 13.1. The van der Waals surface area contributed by atoms with Gasteiger partial charge in [-0.15, -0.1) is 17.5 Å². The van der Waals surface area contributed by atoms with Crippen LogP contribution in [0.1, 0.15) is 31.2 Å². The predicted molar refractivity (Wildman–Crippen MR) is 109 cm³/mol. The summed E-state index contributed by atoms with van der Waals surface area (Å²) in [7, 11) is 0. The highest BCUT2D eigenvalue weighted by atomic mass is 35.5. The molecule has 1 aliphatic heterocycles. The van der Waals surface area contributed by atoms with E-state index in [9.17, 15) is 4.39 Å². The Morgan fingerprint density at radius 3 is 2.74 bits per heavy atom. The molecular formula is C21H24ClFN4. The maximum absolute atomic E-state index is 13.1. The van der Waals surface area contributed by atoms with Crippen molar-refractivity contribution >= 4 is 29.0 Å². The lowest BCUT2D eigenvalue weighted by atomic mass is 9.93. The largest absolute Gasteiger partial charge is 0.310 e. The monoisotopic (exact) mass is 386 g/mol. The minimum Gasteiger partial charge on any atom is -0.310 e. The van der Waals surface area contributed by atoms with Crippen molar-refractivity contribution in [3.05, 3.63) is 66.0 Å². The molecule has 0 bridgehead atoms. The number of hydrogen-bond donors (Lipinski definition) is 1. The van der Waals surface area contributed by atoms with Crippen LogP contribution < -0.4 is 5.32 Å². The predicted octanol–water partition coefficient (Wildman–Crippen LogP) is 4.61. The van der Waals surface area contributed by atoms with Gasteiger partial charge in [0.15, 0.2) is 0 Å². The summed E-state index contributed by atoms with van der Waals surface area (Å²) in [4.78, 5) is 0. The average molecular weight is 387 g/mol. The first-order chi connectivity index (χ1) is 12.8. The van der Waals surface area contributed by atoms with E-state index in [0.29, 0.717) is 6.04 Å². The zero-order chi connectivity index (χ0) is 17.8. The summed E-state index contributed by atoms with van der Waals surface area (Å²) in [5.74, 6) is -0.180. The van der Waals surface area contributed by atoms with Crippen LogP contribution in [0.3, 0.4) is 0 Å². The van der Waals surface area contributed by atoms with E-state index < -0.39 is 0 Å². The molecule has 142 valence electrons. The Hall–Kier alpha value is -2.24. The summed E-state index contributed by atoms with van der Waals surface area (Å²) in [5.41, 5.74) is 4.50. The standard InChI is InChI=1S/C21H23FN4.ClH/c22-18-10-8-16(9-11-18)17-12-13-23-19(15-17)5-3-4-14-26-21-7-2-1-6-20(21)24-25-26;/h1-2,6-12,19,23H,3-5,13-15H2;1H. The fourth-order valence-corrected chi connectivity index (χ4v) is 3.61. The number of aryl methyl sites for hydroxylation is 1. The second-order valence-electron chi connectivity index (χ2n) is 6.84. The second-order valence-corrected chi connectivity index (χ2v) is 6.84. The molecule has 0 saturated heterocycles. The zero-order valence-corrected chi connectivity index (χ0v) is 16.0. The highest BCUT2D eigenvalue weighted by molar-refractivity contribution is 5.85. The van der Waals surface area contributed by atoms with Crippen LogP contribution in [0.25, 0.3) is 16.6 Å². The fourth-order valence-electron chi connectivity index (χ4n) is 3.61. The van der Waals surface area contributed by atoms with E-state index in [1.165, 1.54) is 17.7 Å². The minimum atomic E-state index is -0.180. The molecule has 4 nitrogen and oxygen atoms in total. The molecule has 2 aromatic carbocycles. The van der Waals surface area contributed by atoms with Gasteiger partial charge >= 0.3 is 0 Å². The van der Waals surface area contributed by atoms with Gasteiger partial charge in [0.1, 0.15) is 11.3 Å². The van der Waals surface area contributed by atoms with E-state index in [4.69, 9.17) is 0 Å².